The number of aliphatic hydroxyl groups excluding tert-OH is 1. The zero-order valence-corrected chi connectivity index (χ0v) is 21.1. The maximum Gasteiger partial charge on any atom is 0.305 e. The molecule has 0 aliphatic rings. The van der Waals surface area contributed by atoms with Gasteiger partial charge in [0.2, 0.25) is 0 Å². The van der Waals surface area contributed by atoms with Crippen molar-refractivity contribution >= 4 is 5.97 Å². The van der Waals surface area contributed by atoms with Gasteiger partial charge in [-0.2, -0.15) is 0 Å². The molecule has 0 bridgehead atoms. The average Bonchev–Trinajstić information content (AvgIpc) is 2.85. The molecule has 0 saturated heterocycles. The second-order valence-electron chi connectivity index (χ2n) is 8.30. The summed E-state index contributed by atoms with van der Waals surface area (Å²) in [6, 6.07) is 7.55. The normalized spacial score (nSPS) is 12.7. The van der Waals surface area contributed by atoms with Gasteiger partial charge >= 0.3 is 5.97 Å². The van der Waals surface area contributed by atoms with Crippen molar-refractivity contribution in [1.29, 1.82) is 0 Å². The van der Waals surface area contributed by atoms with Crippen LogP contribution in [0.5, 0.6) is 5.75 Å². The van der Waals surface area contributed by atoms with Crippen LogP contribution in [0.2, 0.25) is 0 Å². The Morgan fingerprint density at radius 3 is 2.24 bits per heavy atom. The average molecular weight is 473 g/mol. The number of methoxy groups -OCH3 is 1. The third-order valence-electron chi connectivity index (χ3n) is 5.21. The molecule has 0 aliphatic heterocycles. The van der Waals surface area contributed by atoms with Crippen molar-refractivity contribution < 1.29 is 24.1 Å². The number of hydrogen-bond donors (Lipinski definition) is 1. The standard InChI is InChI=1S/C29H44O5/c1-3-4-5-6-7-8-9-10-11-12-13-14-15-16-17-18-29(31)34-25-27(30)24-33-23-26-19-21-28(32-2)22-20-26/h4-5,7-8,10-11,19-22,27,30H,3,6,9,12-18,23-25H2,1-2H3/b5-4-,8-7-,11-10-/t27-/m0/s1. The van der Waals surface area contributed by atoms with E-state index < -0.39 is 6.10 Å². The molecule has 0 aromatic heterocycles. The molecule has 5 heteroatoms. The molecule has 0 aliphatic carbocycles. The minimum Gasteiger partial charge on any atom is -0.497 e. The van der Waals surface area contributed by atoms with E-state index in [1.54, 1.807) is 7.11 Å². The topological polar surface area (TPSA) is 65.0 Å². The first kappa shape index (κ1) is 29.7. The van der Waals surface area contributed by atoms with E-state index in [0.717, 1.165) is 56.3 Å². The summed E-state index contributed by atoms with van der Waals surface area (Å²) in [7, 11) is 1.62. The van der Waals surface area contributed by atoms with Gasteiger partial charge in [0.15, 0.2) is 0 Å². The number of carbonyl (C=O) groups excluding carboxylic acids is 1. The fourth-order valence-electron chi connectivity index (χ4n) is 3.23. The summed E-state index contributed by atoms with van der Waals surface area (Å²) in [6.45, 7) is 2.63. The van der Waals surface area contributed by atoms with E-state index >= 15 is 0 Å². The molecule has 1 N–H and O–H groups in total. The number of allylic oxidation sites excluding steroid dienone is 6. The number of carbonyl (C=O) groups is 1. The van der Waals surface area contributed by atoms with Gasteiger partial charge in [0.1, 0.15) is 18.5 Å². The van der Waals surface area contributed by atoms with Crippen molar-refractivity contribution in [1.82, 2.24) is 0 Å². The van der Waals surface area contributed by atoms with Gasteiger partial charge in [-0.3, -0.25) is 4.79 Å². The van der Waals surface area contributed by atoms with E-state index in [4.69, 9.17) is 14.2 Å². The molecule has 5 nitrogen and oxygen atoms in total. The molecule has 34 heavy (non-hydrogen) atoms. The van der Waals surface area contributed by atoms with Crippen LogP contribution >= 0.6 is 0 Å². The molecule has 0 fully saturated rings. The SMILES string of the molecule is CC/C=C\C/C=C\C/C=C\CCCCCCCC(=O)OC[C@@H](O)COCc1ccc(OC)cc1. The lowest BCUT2D eigenvalue weighted by molar-refractivity contribution is -0.148. The maximum atomic E-state index is 11.8. The zero-order chi connectivity index (χ0) is 24.7. The van der Waals surface area contributed by atoms with E-state index in [-0.39, 0.29) is 19.2 Å². The van der Waals surface area contributed by atoms with Crippen molar-refractivity contribution in [3.63, 3.8) is 0 Å². The Hall–Kier alpha value is -2.37. The van der Waals surface area contributed by atoms with Crippen molar-refractivity contribution in [2.45, 2.75) is 83.8 Å². The Kier molecular flexibility index (Phi) is 18.5. The van der Waals surface area contributed by atoms with Crippen LogP contribution in [0, 0.1) is 0 Å². The highest BCUT2D eigenvalue weighted by molar-refractivity contribution is 5.69. The van der Waals surface area contributed by atoms with Crippen LogP contribution in [-0.4, -0.2) is 37.5 Å². The Bertz CT molecular complexity index is 706. The van der Waals surface area contributed by atoms with E-state index in [9.17, 15) is 9.90 Å². The lowest BCUT2D eigenvalue weighted by Crippen LogP contribution is -2.23. The van der Waals surface area contributed by atoms with Gasteiger partial charge < -0.3 is 19.3 Å². The third kappa shape index (κ3) is 17.2. The van der Waals surface area contributed by atoms with Gasteiger partial charge in [-0.1, -0.05) is 74.8 Å². The molecular formula is C29H44O5. The lowest BCUT2D eigenvalue weighted by atomic mass is 10.1. The monoisotopic (exact) mass is 472 g/mol. The first-order valence-corrected chi connectivity index (χ1v) is 12.6. The highest BCUT2D eigenvalue weighted by Gasteiger charge is 2.09. The molecule has 1 aromatic carbocycles. The number of aliphatic hydroxyl groups is 1. The van der Waals surface area contributed by atoms with Crippen LogP contribution in [-0.2, 0) is 20.9 Å². The number of ether oxygens (including phenoxy) is 3. The number of hydrogen-bond acceptors (Lipinski definition) is 5. The van der Waals surface area contributed by atoms with Crippen LogP contribution in [0.15, 0.2) is 60.7 Å². The van der Waals surface area contributed by atoms with E-state index in [0.29, 0.717) is 13.0 Å². The smallest absolute Gasteiger partial charge is 0.305 e. The summed E-state index contributed by atoms with van der Waals surface area (Å²) >= 11 is 0. The van der Waals surface area contributed by atoms with Crippen LogP contribution in [0.3, 0.4) is 0 Å². The molecule has 0 unspecified atom stereocenters. The third-order valence-corrected chi connectivity index (χ3v) is 5.21. The van der Waals surface area contributed by atoms with Gasteiger partial charge in [-0.15, -0.1) is 0 Å². The summed E-state index contributed by atoms with van der Waals surface area (Å²) < 4.78 is 15.8. The van der Waals surface area contributed by atoms with E-state index in [2.05, 4.69) is 43.4 Å². The molecule has 0 heterocycles. The predicted octanol–water partition coefficient (Wildman–Crippen LogP) is 6.71. The van der Waals surface area contributed by atoms with Gasteiger partial charge in [-0.25, -0.2) is 0 Å². The second kappa shape index (κ2) is 21.2. The Morgan fingerprint density at radius 2 is 1.53 bits per heavy atom. The Balaban J connectivity index is 1.92. The molecule has 190 valence electrons. The summed E-state index contributed by atoms with van der Waals surface area (Å²) in [5.74, 6) is 0.536. The molecular weight excluding hydrogens is 428 g/mol. The molecule has 1 rings (SSSR count). The van der Waals surface area contributed by atoms with Crippen LogP contribution in [0.4, 0.5) is 0 Å². The van der Waals surface area contributed by atoms with E-state index in [1.165, 1.54) is 12.8 Å². The first-order valence-electron chi connectivity index (χ1n) is 12.6. The molecule has 0 amide bonds. The highest BCUT2D eigenvalue weighted by atomic mass is 16.5. The van der Waals surface area contributed by atoms with Gasteiger partial charge in [0, 0.05) is 6.42 Å². The minimum absolute atomic E-state index is 0.0294. The lowest BCUT2D eigenvalue weighted by Gasteiger charge is -2.12. The summed E-state index contributed by atoms with van der Waals surface area (Å²) in [4.78, 5) is 11.8. The maximum absolute atomic E-state index is 11.8. The quantitative estimate of drug-likeness (QED) is 0.130. The van der Waals surface area contributed by atoms with Gasteiger partial charge in [0.25, 0.3) is 0 Å². The summed E-state index contributed by atoms with van der Waals surface area (Å²) in [5, 5.41) is 9.93. The predicted molar refractivity (Wildman–Crippen MR) is 139 cm³/mol. The highest BCUT2D eigenvalue weighted by Crippen LogP contribution is 2.12. The van der Waals surface area contributed by atoms with Crippen LogP contribution < -0.4 is 4.74 Å². The first-order chi connectivity index (χ1) is 16.7. The number of rotatable bonds is 20. The second-order valence-corrected chi connectivity index (χ2v) is 8.30. The summed E-state index contributed by atoms with van der Waals surface area (Å²) in [5.41, 5.74) is 0.990. The Labute approximate surface area is 206 Å². The fourth-order valence-corrected chi connectivity index (χ4v) is 3.23. The molecule has 0 spiro atoms. The van der Waals surface area contributed by atoms with Crippen LogP contribution in [0.25, 0.3) is 0 Å². The van der Waals surface area contributed by atoms with Crippen molar-refractivity contribution in [3.8, 4) is 5.75 Å². The zero-order valence-electron chi connectivity index (χ0n) is 21.1. The molecule has 1 atom stereocenters. The number of benzene rings is 1. The largest absolute Gasteiger partial charge is 0.497 e. The minimum atomic E-state index is -0.816. The van der Waals surface area contributed by atoms with Crippen molar-refractivity contribution in [2.24, 2.45) is 0 Å². The number of unbranched alkanes of at least 4 members (excludes halogenated alkanes) is 5. The van der Waals surface area contributed by atoms with Crippen molar-refractivity contribution in [3.05, 3.63) is 66.3 Å². The van der Waals surface area contributed by atoms with Gasteiger partial charge in [0.05, 0.1) is 20.3 Å². The van der Waals surface area contributed by atoms with E-state index in [1.807, 2.05) is 24.3 Å². The van der Waals surface area contributed by atoms with Crippen LogP contribution in [0.1, 0.15) is 76.7 Å². The van der Waals surface area contributed by atoms with Crippen molar-refractivity contribution in [2.75, 3.05) is 20.3 Å². The Morgan fingerprint density at radius 1 is 0.882 bits per heavy atom. The number of esters is 1. The molecule has 0 saturated carbocycles. The fraction of sp³-hybridized carbons (Fsp3) is 0.552. The molecule has 0 radical (unpaired) electrons. The summed E-state index contributed by atoms with van der Waals surface area (Å²) in [6.07, 6.45) is 22.5. The van der Waals surface area contributed by atoms with Gasteiger partial charge in [-0.05, 0) is 56.2 Å². The molecule has 1 aromatic rings.